The van der Waals surface area contributed by atoms with Gasteiger partial charge in [-0.05, 0) is 68.7 Å². The highest BCUT2D eigenvalue weighted by Gasteiger charge is 2.29. The number of carbonyl (C=O) groups is 2. The van der Waals surface area contributed by atoms with Crippen molar-refractivity contribution in [1.29, 1.82) is 0 Å². The van der Waals surface area contributed by atoms with E-state index in [1.165, 1.54) is 0 Å². The molecule has 2 aromatic heterocycles. The van der Waals surface area contributed by atoms with Crippen LogP contribution in [0.15, 0.2) is 79.3 Å². The van der Waals surface area contributed by atoms with E-state index < -0.39 is 6.09 Å². The highest BCUT2D eigenvalue weighted by Crippen LogP contribution is 2.27. The third-order valence-electron chi connectivity index (χ3n) is 8.09. The lowest BCUT2D eigenvalue weighted by molar-refractivity contribution is 0.0937. The van der Waals surface area contributed by atoms with Gasteiger partial charge < -0.3 is 25.6 Å². The average Bonchev–Trinajstić information content (AvgIpc) is 3.69. The van der Waals surface area contributed by atoms with Gasteiger partial charge in [-0.25, -0.2) is 9.78 Å². The number of amides is 2. The predicted molar refractivity (Wildman–Crippen MR) is 161 cm³/mol. The van der Waals surface area contributed by atoms with Crippen molar-refractivity contribution in [2.45, 2.75) is 31.3 Å². The number of ether oxygens (including phenoxy) is 1. The number of nitrogens with one attached hydrogen (secondary N) is 1. The summed E-state index contributed by atoms with van der Waals surface area (Å²) < 4.78 is 7.68. The Bertz CT molecular complexity index is 1560. The van der Waals surface area contributed by atoms with Crippen LogP contribution in [0.4, 0.5) is 10.6 Å². The summed E-state index contributed by atoms with van der Waals surface area (Å²) in [6, 6.07) is 19.3. The second-order valence-corrected chi connectivity index (χ2v) is 11.1. The topological polar surface area (TPSA) is 119 Å². The Labute approximate surface area is 245 Å². The first-order valence-electron chi connectivity index (χ1n) is 14.3. The molecular weight excluding hydrogens is 530 g/mol. The zero-order valence-corrected chi connectivity index (χ0v) is 23.6. The third kappa shape index (κ3) is 6.13. The molecular formula is C32H35N7O3. The first-order valence-corrected chi connectivity index (χ1v) is 14.3. The lowest BCUT2D eigenvalue weighted by Gasteiger charge is -2.28. The second kappa shape index (κ2) is 12.0. The van der Waals surface area contributed by atoms with Crippen molar-refractivity contribution < 1.29 is 14.3 Å². The van der Waals surface area contributed by atoms with E-state index in [0.29, 0.717) is 36.9 Å². The monoisotopic (exact) mass is 565 g/mol. The molecule has 0 bridgehead atoms. The Morgan fingerprint density at radius 3 is 2.50 bits per heavy atom. The quantitative estimate of drug-likeness (QED) is 0.354. The number of hydrogen-bond donors (Lipinski definition) is 2. The molecule has 0 spiro atoms. The summed E-state index contributed by atoms with van der Waals surface area (Å²) in [6.07, 6.45) is 7.77. The summed E-state index contributed by atoms with van der Waals surface area (Å²) in [5.74, 6) is 0.315. The molecule has 10 heteroatoms. The molecule has 0 saturated carbocycles. The largest absolute Gasteiger partial charge is 0.415 e. The van der Waals surface area contributed by atoms with Crippen LogP contribution in [0.5, 0.6) is 5.75 Å². The summed E-state index contributed by atoms with van der Waals surface area (Å²) in [5.41, 5.74) is 10.1. The van der Waals surface area contributed by atoms with Crippen molar-refractivity contribution in [3.8, 4) is 28.0 Å². The number of nitrogens with zero attached hydrogens (tertiary/aromatic N) is 5. The lowest BCUT2D eigenvalue weighted by Crippen LogP contribution is -2.39. The smallest absolute Gasteiger partial charge is 0.410 e. The number of anilines is 1. The fourth-order valence-corrected chi connectivity index (χ4v) is 5.60. The number of piperidine rings is 1. The van der Waals surface area contributed by atoms with E-state index >= 15 is 0 Å². The van der Waals surface area contributed by atoms with Gasteiger partial charge in [0.1, 0.15) is 11.6 Å². The minimum Gasteiger partial charge on any atom is -0.410 e. The molecule has 2 aliphatic heterocycles. The SMILES string of the molecule is CN1CCC(n2cc(-c3cnc(N)c(C(=O)N[C@@H]4CCN(C(=O)Oc5cccc(-c6ccccc6)c5)C4)c3)cn2)CC1. The molecule has 0 unspecified atom stereocenters. The van der Waals surface area contributed by atoms with E-state index in [0.717, 1.165) is 48.2 Å². The van der Waals surface area contributed by atoms with Gasteiger partial charge in [0.25, 0.3) is 5.91 Å². The number of hydrogen-bond acceptors (Lipinski definition) is 7. The van der Waals surface area contributed by atoms with E-state index in [9.17, 15) is 9.59 Å². The van der Waals surface area contributed by atoms with Crippen LogP contribution in [0.2, 0.25) is 0 Å². The van der Waals surface area contributed by atoms with Crippen molar-refractivity contribution >= 4 is 17.8 Å². The van der Waals surface area contributed by atoms with Crippen molar-refractivity contribution in [3.63, 3.8) is 0 Å². The van der Waals surface area contributed by atoms with Crippen molar-refractivity contribution in [2.24, 2.45) is 0 Å². The van der Waals surface area contributed by atoms with Gasteiger partial charge in [-0.3, -0.25) is 9.48 Å². The average molecular weight is 566 g/mol. The van der Waals surface area contributed by atoms with Crippen LogP contribution in [0.1, 0.15) is 35.7 Å². The second-order valence-electron chi connectivity index (χ2n) is 11.1. The maximum absolute atomic E-state index is 13.2. The van der Waals surface area contributed by atoms with E-state index in [-0.39, 0.29) is 17.8 Å². The summed E-state index contributed by atoms with van der Waals surface area (Å²) in [7, 11) is 2.14. The Hall–Kier alpha value is -4.70. The van der Waals surface area contributed by atoms with Crippen LogP contribution in [-0.2, 0) is 0 Å². The molecule has 10 nitrogen and oxygen atoms in total. The van der Waals surface area contributed by atoms with Gasteiger partial charge in [0.05, 0.1) is 17.8 Å². The minimum atomic E-state index is -0.443. The van der Waals surface area contributed by atoms with Gasteiger partial charge in [0.15, 0.2) is 0 Å². The zero-order valence-electron chi connectivity index (χ0n) is 23.6. The predicted octanol–water partition coefficient (Wildman–Crippen LogP) is 4.46. The molecule has 2 aromatic carbocycles. The summed E-state index contributed by atoms with van der Waals surface area (Å²) in [5, 5.41) is 7.61. The summed E-state index contributed by atoms with van der Waals surface area (Å²) in [4.78, 5) is 34.4. The van der Waals surface area contributed by atoms with Crippen molar-refractivity contribution in [2.75, 3.05) is 39.0 Å². The molecule has 2 aliphatic rings. The molecule has 4 heterocycles. The number of rotatable bonds is 6. The zero-order chi connectivity index (χ0) is 29.1. The summed E-state index contributed by atoms with van der Waals surface area (Å²) in [6.45, 7) is 2.92. The van der Waals surface area contributed by atoms with Crippen LogP contribution in [-0.4, -0.2) is 75.8 Å². The lowest BCUT2D eigenvalue weighted by atomic mass is 10.1. The number of pyridine rings is 1. The Balaban J connectivity index is 1.06. The van der Waals surface area contributed by atoms with E-state index in [4.69, 9.17) is 10.5 Å². The molecule has 0 aliphatic carbocycles. The number of benzene rings is 2. The normalized spacial score (nSPS) is 17.7. The van der Waals surface area contributed by atoms with Gasteiger partial charge in [-0.2, -0.15) is 5.10 Å². The van der Waals surface area contributed by atoms with Crippen molar-refractivity contribution in [1.82, 2.24) is 29.9 Å². The van der Waals surface area contributed by atoms with Crippen LogP contribution in [0.25, 0.3) is 22.3 Å². The molecule has 2 fully saturated rings. The molecule has 3 N–H and O–H groups in total. The van der Waals surface area contributed by atoms with E-state index in [1.54, 1.807) is 23.2 Å². The number of carbonyl (C=O) groups excluding carboxylic acids is 2. The van der Waals surface area contributed by atoms with E-state index in [2.05, 4.69) is 27.3 Å². The maximum Gasteiger partial charge on any atom is 0.415 e. The van der Waals surface area contributed by atoms with Crippen LogP contribution < -0.4 is 15.8 Å². The molecule has 2 amide bonds. The molecule has 4 aromatic rings. The van der Waals surface area contributed by atoms with Crippen LogP contribution in [0, 0.1) is 0 Å². The minimum absolute atomic E-state index is 0.159. The van der Waals surface area contributed by atoms with E-state index in [1.807, 2.05) is 65.6 Å². The maximum atomic E-state index is 13.2. The number of aromatic nitrogens is 3. The van der Waals surface area contributed by atoms with Gasteiger partial charge in [-0.1, -0.05) is 42.5 Å². The van der Waals surface area contributed by atoms with Crippen LogP contribution in [0.3, 0.4) is 0 Å². The Morgan fingerprint density at radius 1 is 0.905 bits per heavy atom. The number of nitrogen functional groups attached to an aromatic ring is 1. The fraction of sp³-hybridized carbons (Fsp3) is 0.312. The van der Waals surface area contributed by atoms with Gasteiger partial charge in [-0.15, -0.1) is 0 Å². The first-order chi connectivity index (χ1) is 20.4. The molecule has 216 valence electrons. The standard InChI is InChI=1S/C32H35N7O3/c1-37-13-11-27(12-14-37)39-20-25(19-35-39)24-17-29(30(33)34-18-24)31(40)36-26-10-15-38(21-26)32(41)42-28-9-5-8-23(16-28)22-6-3-2-4-7-22/h2-9,16-20,26-27H,10-15,21H2,1H3,(H2,33,34)(H,36,40)/t26-/m1/s1. The number of nitrogens with two attached hydrogens (primary N) is 1. The van der Waals surface area contributed by atoms with Gasteiger partial charge in [0.2, 0.25) is 0 Å². The highest BCUT2D eigenvalue weighted by molar-refractivity contribution is 5.99. The summed E-state index contributed by atoms with van der Waals surface area (Å²) >= 11 is 0. The fourth-order valence-electron chi connectivity index (χ4n) is 5.60. The Morgan fingerprint density at radius 2 is 1.69 bits per heavy atom. The molecule has 6 rings (SSSR count). The molecule has 0 radical (unpaired) electrons. The molecule has 1 atom stereocenters. The number of likely N-dealkylation sites (tertiary alicyclic amines) is 2. The molecule has 42 heavy (non-hydrogen) atoms. The van der Waals surface area contributed by atoms with Crippen molar-refractivity contribution in [3.05, 3.63) is 84.8 Å². The third-order valence-corrected chi connectivity index (χ3v) is 8.09. The Kier molecular flexibility index (Phi) is 7.87. The van der Waals surface area contributed by atoms with Crippen LogP contribution >= 0.6 is 0 Å². The highest BCUT2D eigenvalue weighted by atomic mass is 16.6. The van der Waals surface area contributed by atoms with Gasteiger partial charge >= 0.3 is 6.09 Å². The van der Waals surface area contributed by atoms with Gasteiger partial charge in [0, 0.05) is 42.7 Å². The first kappa shape index (κ1) is 27.5. The molecule has 2 saturated heterocycles.